The van der Waals surface area contributed by atoms with Crippen molar-refractivity contribution in [3.8, 4) is 0 Å². The van der Waals surface area contributed by atoms with Crippen LogP contribution < -0.4 is 0 Å². The molecule has 0 spiro atoms. The minimum atomic E-state index is -0.312. The molecule has 1 heterocycles. The fourth-order valence-electron chi connectivity index (χ4n) is 0.804. The topological polar surface area (TPSA) is 33.2 Å². The Balaban J connectivity index is 3.24. The summed E-state index contributed by atoms with van der Waals surface area (Å²) in [6.07, 6.45) is 1.30. The Morgan fingerprint density at radius 3 is 2.36 bits per heavy atom. The maximum absolute atomic E-state index is 11.5. The van der Waals surface area contributed by atoms with Crippen LogP contribution >= 0.6 is 34.8 Å². The summed E-state index contributed by atoms with van der Waals surface area (Å²) < 4.78 is 0. The van der Waals surface area contributed by atoms with Crippen LogP contribution in [-0.4, -0.2) is 29.9 Å². The second kappa shape index (κ2) is 4.34. The van der Waals surface area contributed by atoms with Gasteiger partial charge in [0.05, 0.1) is 15.1 Å². The van der Waals surface area contributed by atoms with Crippen LogP contribution in [0, 0.1) is 0 Å². The van der Waals surface area contributed by atoms with Crippen molar-refractivity contribution in [3.63, 3.8) is 0 Å². The van der Waals surface area contributed by atoms with Crippen LogP contribution in [0.1, 0.15) is 10.5 Å². The zero-order valence-corrected chi connectivity index (χ0v) is 9.78. The van der Waals surface area contributed by atoms with E-state index in [4.69, 9.17) is 34.8 Å². The van der Waals surface area contributed by atoms with Crippen molar-refractivity contribution < 1.29 is 4.79 Å². The van der Waals surface area contributed by atoms with Crippen molar-refractivity contribution >= 4 is 40.7 Å². The lowest BCUT2D eigenvalue weighted by Gasteiger charge is -2.11. The van der Waals surface area contributed by atoms with Gasteiger partial charge in [0.1, 0.15) is 5.69 Å². The molecule has 0 aliphatic rings. The Morgan fingerprint density at radius 1 is 1.29 bits per heavy atom. The molecule has 1 amide bonds. The number of pyridine rings is 1. The van der Waals surface area contributed by atoms with Crippen molar-refractivity contribution in [2.75, 3.05) is 14.1 Å². The summed E-state index contributed by atoms with van der Waals surface area (Å²) in [5, 5.41) is 0.457. The van der Waals surface area contributed by atoms with Gasteiger partial charge in [0.2, 0.25) is 0 Å². The highest BCUT2D eigenvalue weighted by atomic mass is 35.5. The monoisotopic (exact) mass is 252 g/mol. The predicted molar refractivity (Wildman–Crippen MR) is 57.3 cm³/mol. The first-order valence-corrected chi connectivity index (χ1v) is 4.79. The van der Waals surface area contributed by atoms with E-state index in [2.05, 4.69) is 4.98 Å². The van der Waals surface area contributed by atoms with E-state index in [0.717, 1.165) is 0 Å². The van der Waals surface area contributed by atoms with E-state index in [9.17, 15) is 4.79 Å². The number of aromatic nitrogens is 1. The number of hydrogen-bond acceptors (Lipinski definition) is 2. The SMILES string of the molecule is CN(C)C(=O)c1ncc(Cl)c(Cl)c1Cl. The average molecular weight is 254 g/mol. The molecular formula is C8H7Cl3N2O. The second-order valence-corrected chi connectivity index (χ2v) is 3.95. The quantitative estimate of drug-likeness (QED) is 0.771. The highest BCUT2D eigenvalue weighted by molar-refractivity contribution is 6.48. The van der Waals surface area contributed by atoms with E-state index in [-0.39, 0.29) is 26.7 Å². The Hall–Kier alpha value is -0.510. The van der Waals surface area contributed by atoms with Crippen molar-refractivity contribution in [2.24, 2.45) is 0 Å². The molecule has 0 unspecified atom stereocenters. The standard InChI is InChI=1S/C8H7Cl3N2O/c1-13(2)8(14)7-6(11)5(10)4(9)3-12-7/h3H,1-2H3. The van der Waals surface area contributed by atoms with Crippen LogP contribution in [0.25, 0.3) is 0 Å². The third-order valence-electron chi connectivity index (χ3n) is 1.53. The van der Waals surface area contributed by atoms with Gasteiger partial charge in [-0.3, -0.25) is 4.79 Å². The largest absolute Gasteiger partial charge is 0.343 e. The van der Waals surface area contributed by atoms with Crippen molar-refractivity contribution in [1.29, 1.82) is 0 Å². The summed E-state index contributed by atoms with van der Waals surface area (Å²) in [6.45, 7) is 0. The van der Waals surface area contributed by atoms with Crippen LogP contribution in [0.3, 0.4) is 0 Å². The fraction of sp³-hybridized carbons (Fsp3) is 0.250. The molecule has 0 N–H and O–H groups in total. The van der Waals surface area contributed by atoms with Crippen LogP contribution in [-0.2, 0) is 0 Å². The van der Waals surface area contributed by atoms with Gasteiger partial charge in [0.25, 0.3) is 5.91 Å². The van der Waals surface area contributed by atoms with Gasteiger partial charge >= 0.3 is 0 Å². The third-order valence-corrected chi connectivity index (χ3v) is 2.77. The fourth-order valence-corrected chi connectivity index (χ4v) is 1.37. The number of halogens is 3. The molecule has 14 heavy (non-hydrogen) atoms. The average Bonchev–Trinajstić information content (AvgIpc) is 2.13. The Bertz CT molecular complexity index is 379. The minimum absolute atomic E-state index is 0.0814. The number of carbonyl (C=O) groups excluding carboxylic acids is 1. The molecule has 0 saturated carbocycles. The number of amides is 1. The lowest BCUT2D eigenvalue weighted by Crippen LogP contribution is -2.23. The third kappa shape index (κ3) is 2.11. The van der Waals surface area contributed by atoms with Gasteiger partial charge in [-0.15, -0.1) is 0 Å². The highest BCUT2D eigenvalue weighted by Crippen LogP contribution is 2.31. The number of rotatable bonds is 1. The molecule has 6 heteroatoms. The molecule has 0 radical (unpaired) electrons. The van der Waals surface area contributed by atoms with E-state index >= 15 is 0 Å². The molecule has 1 aromatic rings. The zero-order valence-electron chi connectivity index (χ0n) is 7.51. The van der Waals surface area contributed by atoms with Gasteiger partial charge in [0.15, 0.2) is 0 Å². The molecule has 0 aromatic carbocycles. The number of nitrogens with zero attached hydrogens (tertiary/aromatic N) is 2. The molecule has 0 bridgehead atoms. The van der Waals surface area contributed by atoms with Gasteiger partial charge in [0, 0.05) is 20.3 Å². The molecule has 76 valence electrons. The van der Waals surface area contributed by atoms with Crippen LogP contribution in [0.4, 0.5) is 0 Å². The maximum atomic E-state index is 11.5. The van der Waals surface area contributed by atoms with Crippen molar-refractivity contribution in [2.45, 2.75) is 0 Å². The van der Waals surface area contributed by atoms with E-state index in [1.54, 1.807) is 14.1 Å². The van der Waals surface area contributed by atoms with Crippen molar-refractivity contribution in [1.82, 2.24) is 9.88 Å². The first-order valence-electron chi connectivity index (χ1n) is 3.66. The molecule has 1 rings (SSSR count). The Kier molecular flexibility index (Phi) is 3.59. The Labute approximate surface area is 96.6 Å². The highest BCUT2D eigenvalue weighted by Gasteiger charge is 2.17. The second-order valence-electron chi connectivity index (χ2n) is 2.78. The lowest BCUT2D eigenvalue weighted by molar-refractivity contribution is 0.0822. The molecular weight excluding hydrogens is 246 g/mol. The normalized spacial score (nSPS) is 10.1. The number of carbonyl (C=O) groups is 1. The lowest BCUT2D eigenvalue weighted by atomic mass is 10.3. The molecule has 0 atom stereocenters. The molecule has 0 aliphatic heterocycles. The smallest absolute Gasteiger partial charge is 0.273 e. The van der Waals surface area contributed by atoms with Crippen molar-refractivity contribution in [3.05, 3.63) is 27.0 Å². The first kappa shape index (κ1) is 11.6. The van der Waals surface area contributed by atoms with E-state index < -0.39 is 0 Å². The van der Waals surface area contributed by atoms with Crippen LogP contribution in [0.5, 0.6) is 0 Å². The van der Waals surface area contributed by atoms with E-state index in [1.807, 2.05) is 0 Å². The first-order chi connectivity index (χ1) is 6.45. The molecule has 0 saturated heterocycles. The molecule has 3 nitrogen and oxygen atoms in total. The summed E-state index contributed by atoms with van der Waals surface area (Å²) in [6, 6.07) is 0. The summed E-state index contributed by atoms with van der Waals surface area (Å²) >= 11 is 17.2. The minimum Gasteiger partial charge on any atom is -0.343 e. The maximum Gasteiger partial charge on any atom is 0.273 e. The number of hydrogen-bond donors (Lipinski definition) is 0. The van der Waals surface area contributed by atoms with Gasteiger partial charge in [-0.2, -0.15) is 0 Å². The van der Waals surface area contributed by atoms with Crippen LogP contribution in [0.15, 0.2) is 6.20 Å². The Morgan fingerprint density at radius 2 is 1.86 bits per heavy atom. The van der Waals surface area contributed by atoms with Crippen LogP contribution in [0.2, 0.25) is 15.1 Å². The molecule has 1 aromatic heterocycles. The summed E-state index contributed by atoms with van der Waals surface area (Å²) in [5.41, 5.74) is 0.103. The van der Waals surface area contributed by atoms with E-state index in [1.165, 1.54) is 11.1 Å². The predicted octanol–water partition coefficient (Wildman–Crippen LogP) is 2.74. The summed E-state index contributed by atoms with van der Waals surface area (Å²) in [5.74, 6) is -0.312. The molecule has 0 aliphatic carbocycles. The van der Waals surface area contributed by atoms with Gasteiger partial charge in [-0.05, 0) is 0 Å². The zero-order chi connectivity index (χ0) is 10.9. The van der Waals surface area contributed by atoms with E-state index in [0.29, 0.717) is 0 Å². The summed E-state index contributed by atoms with van der Waals surface area (Å²) in [7, 11) is 3.20. The van der Waals surface area contributed by atoms with Gasteiger partial charge in [-0.25, -0.2) is 4.98 Å². The van der Waals surface area contributed by atoms with Gasteiger partial charge in [-0.1, -0.05) is 34.8 Å². The van der Waals surface area contributed by atoms with Gasteiger partial charge < -0.3 is 4.90 Å². The molecule has 0 fully saturated rings. The summed E-state index contributed by atoms with van der Waals surface area (Å²) in [4.78, 5) is 16.7.